The molecule has 86 valence electrons. The average molecular weight is 238 g/mol. The fraction of sp³-hybridized carbons (Fsp3) is 0.182. The first-order chi connectivity index (χ1) is 7.45. The van der Waals surface area contributed by atoms with Gasteiger partial charge in [0.15, 0.2) is 0 Å². The largest absolute Gasteiger partial charge is 0.276 e. The zero-order valence-corrected chi connectivity index (χ0v) is 10.1. The smallest absolute Gasteiger partial charge is 0.200 e. The highest BCUT2D eigenvalue weighted by molar-refractivity contribution is 7.89. The van der Waals surface area contributed by atoms with E-state index in [0.29, 0.717) is 5.71 Å². The van der Waals surface area contributed by atoms with Crippen LogP contribution < -0.4 is 4.83 Å². The Kier molecular flexibility index (Phi) is 3.84. The second-order valence-corrected chi connectivity index (χ2v) is 5.03. The number of rotatable bonds is 4. The van der Waals surface area contributed by atoms with E-state index >= 15 is 0 Å². The molecule has 0 aromatic heterocycles. The molecule has 1 aromatic rings. The standard InChI is InChI=1S/C11H14N2O2S/c1-4-10(3)12-13-16(14,15)11-7-5-9(2)6-8-11/h4-8,13H,1H2,2-3H3/b12-10+. The molecular formula is C11H14N2O2S. The summed E-state index contributed by atoms with van der Waals surface area (Å²) in [5.74, 6) is 0. The summed E-state index contributed by atoms with van der Waals surface area (Å²) in [7, 11) is -3.57. The zero-order valence-electron chi connectivity index (χ0n) is 9.27. The molecular weight excluding hydrogens is 224 g/mol. The third-order valence-corrected chi connectivity index (χ3v) is 3.19. The van der Waals surface area contributed by atoms with Crippen molar-refractivity contribution in [2.24, 2.45) is 5.10 Å². The lowest BCUT2D eigenvalue weighted by Gasteiger charge is -2.03. The number of benzene rings is 1. The van der Waals surface area contributed by atoms with Gasteiger partial charge in [-0.2, -0.15) is 18.4 Å². The molecule has 1 aromatic carbocycles. The van der Waals surface area contributed by atoms with E-state index < -0.39 is 10.0 Å². The summed E-state index contributed by atoms with van der Waals surface area (Å²) >= 11 is 0. The molecule has 0 atom stereocenters. The van der Waals surface area contributed by atoms with Crippen molar-refractivity contribution in [2.75, 3.05) is 0 Å². The maximum Gasteiger partial charge on any atom is 0.276 e. The first-order valence-corrected chi connectivity index (χ1v) is 6.19. The van der Waals surface area contributed by atoms with Crippen LogP contribution in [0, 0.1) is 6.92 Å². The molecule has 0 bridgehead atoms. The van der Waals surface area contributed by atoms with Gasteiger partial charge in [0.05, 0.1) is 10.6 Å². The number of aryl methyl sites for hydroxylation is 1. The summed E-state index contributed by atoms with van der Waals surface area (Å²) in [4.78, 5) is 2.33. The van der Waals surface area contributed by atoms with Gasteiger partial charge in [-0.25, -0.2) is 0 Å². The molecule has 0 aliphatic carbocycles. The topological polar surface area (TPSA) is 58.5 Å². The number of hydrogen-bond donors (Lipinski definition) is 1. The van der Waals surface area contributed by atoms with Gasteiger partial charge in [0.25, 0.3) is 10.0 Å². The number of allylic oxidation sites excluding steroid dienone is 1. The van der Waals surface area contributed by atoms with Crippen LogP contribution in [-0.4, -0.2) is 14.1 Å². The van der Waals surface area contributed by atoms with Crippen LogP contribution in [0.1, 0.15) is 12.5 Å². The van der Waals surface area contributed by atoms with Crippen molar-refractivity contribution in [3.8, 4) is 0 Å². The Morgan fingerprint density at radius 1 is 1.38 bits per heavy atom. The molecule has 0 amide bonds. The minimum Gasteiger partial charge on any atom is -0.200 e. The highest BCUT2D eigenvalue weighted by Gasteiger charge is 2.11. The molecule has 1 N–H and O–H groups in total. The van der Waals surface area contributed by atoms with Crippen molar-refractivity contribution < 1.29 is 8.42 Å². The van der Waals surface area contributed by atoms with Crippen LogP contribution in [0.4, 0.5) is 0 Å². The molecule has 16 heavy (non-hydrogen) atoms. The van der Waals surface area contributed by atoms with Crippen LogP contribution in [0.3, 0.4) is 0 Å². The number of sulfonamides is 1. The molecule has 0 aliphatic rings. The lowest BCUT2D eigenvalue weighted by molar-refractivity contribution is 0.584. The summed E-state index contributed by atoms with van der Waals surface area (Å²) in [6.07, 6.45) is 1.47. The minimum atomic E-state index is -3.57. The molecule has 1 rings (SSSR count). The minimum absolute atomic E-state index is 0.193. The Balaban J connectivity index is 2.95. The van der Waals surface area contributed by atoms with Gasteiger partial charge >= 0.3 is 0 Å². The first kappa shape index (κ1) is 12.4. The lowest BCUT2D eigenvalue weighted by atomic mass is 10.2. The zero-order chi connectivity index (χ0) is 12.2. The van der Waals surface area contributed by atoms with Crippen LogP contribution in [-0.2, 0) is 10.0 Å². The first-order valence-electron chi connectivity index (χ1n) is 4.71. The van der Waals surface area contributed by atoms with Crippen molar-refractivity contribution >= 4 is 15.7 Å². The van der Waals surface area contributed by atoms with Gasteiger partial charge in [-0.05, 0) is 32.1 Å². The van der Waals surface area contributed by atoms with Gasteiger partial charge in [0, 0.05) is 0 Å². The number of nitrogens with one attached hydrogen (secondary N) is 1. The van der Waals surface area contributed by atoms with Crippen LogP contribution in [0.5, 0.6) is 0 Å². The summed E-state index contributed by atoms with van der Waals surface area (Å²) in [5, 5.41) is 3.67. The summed E-state index contributed by atoms with van der Waals surface area (Å²) in [5.41, 5.74) is 1.51. The van der Waals surface area contributed by atoms with E-state index in [0.717, 1.165) is 5.56 Å². The van der Waals surface area contributed by atoms with E-state index in [1.165, 1.54) is 18.2 Å². The van der Waals surface area contributed by atoms with Crippen LogP contribution in [0.25, 0.3) is 0 Å². The second-order valence-electron chi connectivity index (χ2n) is 3.37. The highest BCUT2D eigenvalue weighted by Crippen LogP contribution is 2.09. The van der Waals surface area contributed by atoms with Gasteiger partial charge in [-0.3, -0.25) is 0 Å². The Bertz CT molecular complexity index is 501. The molecule has 4 nitrogen and oxygen atoms in total. The molecule has 0 spiro atoms. The number of hydrazone groups is 1. The Morgan fingerprint density at radius 3 is 2.44 bits per heavy atom. The molecule has 0 saturated heterocycles. The van der Waals surface area contributed by atoms with Gasteiger partial charge in [0.2, 0.25) is 0 Å². The maximum absolute atomic E-state index is 11.7. The average Bonchev–Trinajstić information content (AvgIpc) is 2.26. The fourth-order valence-electron chi connectivity index (χ4n) is 0.948. The molecule has 5 heteroatoms. The van der Waals surface area contributed by atoms with Crippen molar-refractivity contribution in [1.82, 2.24) is 4.83 Å². The van der Waals surface area contributed by atoms with E-state index in [9.17, 15) is 8.42 Å². The molecule has 0 unspecified atom stereocenters. The summed E-state index contributed by atoms with van der Waals surface area (Å²) in [6.45, 7) is 7.03. The molecule has 0 radical (unpaired) electrons. The van der Waals surface area contributed by atoms with Crippen LogP contribution in [0.2, 0.25) is 0 Å². The van der Waals surface area contributed by atoms with Crippen molar-refractivity contribution in [1.29, 1.82) is 0 Å². The predicted octanol–water partition coefficient (Wildman–Crippen LogP) is 1.84. The van der Waals surface area contributed by atoms with Crippen LogP contribution >= 0.6 is 0 Å². The van der Waals surface area contributed by atoms with E-state index in [1.807, 2.05) is 6.92 Å². The van der Waals surface area contributed by atoms with Gasteiger partial charge in [-0.15, -0.1) is 0 Å². The van der Waals surface area contributed by atoms with E-state index in [1.54, 1.807) is 19.1 Å². The number of nitrogens with zero attached hydrogens (tertiary/aromatic N) is 1. The monoisotopic (exact) mass is 238 g/mol. The van der Waals surface area contributed by atoms with E-state index in [2.05, 4.69) is 16.5 Å². The highest BCUT2D eigenvalue weighted by atomic mass is 32.2. The van der Waals surface area contributed by atoms with Gasteiger partial charge in [-0.1, -0.05) is 24.3 Å². The Hall–Kier alpha value is -1.62. The van der Waals surface area contributed by atoms with Crippen LogP contribution in [0.15, 0.2) is 46.9 Å². The van der Waals surface area contributed by atoms with Crippen molar-refractivity contribution in [2.45, 2.75) is 18.7 Å². The maximum atomic E-state index is 11.7. The summed E-state index contributed by atoms with van der Waals surface area (Å²) in [6, 6.07) is 6.55. The fourth-order valence-corrected chi connectivity index (χ4v) is 1.81. The lowest BCUT2D eigenvalue weighted by Crippen LogP contribution is -2.19. The normalized spacial score (nSPS) is 12.2. The summed E-state index contributed by atoms with van der Waals surface area (Å²) < 4.78 is 23.4. The van der Waals surface area contributed by atoms with Crippen molar-refractivity contribution in [3.05, 3.63) is 42.5 Å². The van der Waals surface area contributed by atoms with Gasteiger partial charge < -0.3 is 0 Å². The predicted molar refractivity (Wildman–Crippen MR) is 64.8 cm³/mol. The molecule has 0 heterocycles. The quantitative estimate of drug-likeness (QED) is 0.642. The third-order valence-electron chi connectivity index (χ3n) is 1.97. The Labute approximate surface area is 95.7 Å². The number of hydrogen-bond acceptors (Lipinski definition) is 3. The van der Waals surface area contributed by atoms with Gasteiger partial charge in [0.1, 0.15) is 0 Å². The SMILES string of the molecule is C=C/C(C)=N/NS(=O)(=O)c1ccc(C)cc1. The molecule has 0 saturated carbocycles. The Morgan fingerprint density at radius 2 is 1.94 bits per heavy atom. The second kappa shape index (κ2) is 4.94. The molecule has 0 aliphatic heterocycles. The van der Waals surface area contributed by atoms with E-state index in [-0.39, 0.29) is 4.90 Å². The molecule has 0 fully saturated rings. The van der Waals surface area contributed by atoms with Crippen molar-refractivity contribution in [3.63, 3.8) is 0 Å². The third kappa shape index (κ3) is 3.20. The van der Waals surface area contributed by atoms with E-state index in [4.69, 9.17) is 0 Å².